The Morgan fingerprint density at radius 2 is 2.15 bits per heavy atom. The topological polar surface area (TPSA) is 75.1 Å². The van der Waals surface area contributed by atoms with E-state index in [0.29, 0.717) is 12.8 Å². The van der Waals surface area contributed by atoms with Gasteiger partial charge in [0.1, 0.15) is 11.3 Å². The van der Waals surface area contributed by atoms with Crippen LogP contribution in [0.15, 0.2) is 36.7 Å². The van der Waals surface area contributed by atoms with Gasteiger partial charge in [0.2, 0.25) is 0 Å². The lowest BCUT2D eigenvalue weighted by molar-refractivity contribution is 0.0451. The SMILES string of the molecule is Cc1cccc(C#C[C@@]2(O)CCC[C@@H](NC(=O)c3cnc(C)cn3)C2)c1. The van der Waals surface area contributed by atoms with Crippen molar-refractivity contribution < 1.29 is 9.90 Å². The van der Waals surface area contributed by atoms with Crippen LogP contribution in [0, 0.1) is 25.7 Å². The predicted octanol–water partition coefficient (Wildman–Crippen LogP) is 2.55. The molecule has 0 saturated heterocycles. The third kappa shape index (κ3) is 4.68. The zero-order valence-electron chi connectivity index (χ0n) is 15.1. The van der Waals surface area contributed by atoms with Gasteiger partial charge in [-0.15, -0.1) is 0 Å². The second-order valence-electron chi connectivity index (χ2n) is 6.96. The number of nitrogens with one attached hydrogen (secondary N) is 1. The number of aryl methyl sites for hydroxylation is 2. The molecule has 2 aromatic rings. The minimum absolute atomic E-state index is 0.129. The molecule has 3 rings (SSSR count). The van der Waals surface area contributed by atoms with Crippen molar-refractivity contribution in [3.05, 3.63) is 59.2 Å². The molecule has 2 N–H and O–H groups in total. The van der Waals surface area contributed by atoms with E-state index in [0.717, 1.165) is 29.7 Å². The van der Waals surface area contributed by atoms with Crippen LogP contribution in [0.1, 0.15) is 53.0 Å². The summed E-state index contributed by atoms with van der Waals surface area (Å²) in [6.45, 7) is 3.84. The average molecular weight is 349 g/mol. The highest BCUT2D eigenvalue weighted by molar-refractivity contribution is 5.92. The van der Waals surface area contributed by atoms with E-state index in [2.05, 4.69) is 27.1 Å². The molecule has 1 amide bonds. The van der Waals surface area contributed by atoms with Crippen LogP contribution in [0.3, 0.4) is 0 Å². The van der Waals surface area contributed by atoms with Crippen LogP contribution in [0.25, 0.3) is 0 Å². The third-order valence-corrected chi connectivity index (χ3v) is 4.53. The molecule has 1 heterocycles. The van der Waals surface area contributed by atoms with Crippen LogP contribution in [-0.2, 0) is 0 Å². The second-order valence-corrected chi connectivity index (χ2v) is 6.96. The summed E-state index contributed by atoms with van der Waals surface area (Å²) in [5, 5.41) is 13.8. The number of aliphatic hydroxyl groups is 1. The molecule has 1 aliphatic carbocycles. The lowest BCUT2D eigenvalue weighted by Crippen LogP contribution is -2.45. The van der Waals surface area contributed by atoms with Crippen molar-refractivity contribution >= 4 is 5.91 Å². The molecule has 0 bridgehead atoms. The predicted molar refractivity (Wildman–Crippen MR) is 99.5 cm³/mol. The fraction of sp³-hybridized carbons (Fsp3) is 0.381. The molecule has 1 aromatic carbocycles. The fourth-order valence-electron chi connectivity index (χ4n) is 3.17. The van der Waals surface area contributed by atoms with E-state index in [1.165, 1.54) is 6.20 Å². The molecule has 5 heteroatoms. The molecule has 2 atom stereocenters. The first-order chi connectivity index (χ1) is 12.4. The zero-order valence-corrected chi connectivity index (χ0v) is 15.1. The molecule has 1 aromatic heterocycles. The molecular formula is C21H23N3O2. The molecular weight excluding hydrogens is 326 g/mol. The molecule has 0 radical (unpaired) electrons. The normalized spacial score (nSPS) is 22.2. The van der Waals surface area contributed by atoms with Gasteiger partial charge in [0.15, 0.2) is 0 Å². The van der Waals surface area contributed by atoms with E-state index in [9.17, 15) is 9.90 Å². The summed E-state index contributed by atoms with van der Waals surface area (Å²) in [5.74, 6) is 5.83. The first-order valence-electron chi connectivity index (χ1n) is 8.85. The molecule has 134 valence electrons. The van der Waals surface area contributed by atoms with Gasteiger partial charge in [-0.2, -0.15) is 0 Å². The zero-order chi connectivity index (χ0) is 18.6. The van der Waals surface area contributed by atoms with Gasteiger partial charge >= 0.3 is 0 Å². The minimum atomic E-state index is -1.08. The smallest absolute Gasteiger partial charge is 0.271 e. The van der Waals surface area contributed by atoms with Crippen molar-refractivity contribution in [3.8, 4) is 11.8 Å². The second kappa shape index (κ2) is 7.67. The van der Waals surface area contributed by atoms with Crippen molar-refractivity contribution in [2.24, 2.45) is 0 Å². The number of amides is 1. The van der Waals surface area contributed by atoms with Gasteiger partial charge in [0, 0.05) is 24.2 Å². The summed E-state index contributed by atoms with van der Waals surface area (Å²) >= 11 is 0. The summed E-state index contributed by atoms with van der Waals surface area (Å²) in [5.41, 5.74) is 1.99. The lowest BCUT2D eigenvalue weighted by atomic mass is 9.82. The van der Waals surface area contributed by atoms with Crippen molar-refractivity contribution in [1.82, 2.24) is 15.3 Å². The Labute approximate surface area is 153 Å². The first-order valence-corrected chi connectivity index (χ1v) is 8.85. The van der Waals surface area contributed by atoms with Gasteiger partial charge in [-0.05, 0) is 50.8 Å². The Balaban J connectivity index is 1.66. The molecule has 1 fully saturated rings. The van der Waals surface area contributed by atoms with Crippen molar-refractivity contribution in [1.29, 1.82) is 0 Å². The first kappa shape index (κ1) is 18.1. The quantitative estimate of drug-likeness (QED) is 0.817. The summed E-state index contributed by atoms with van der Waals surface area (Å²) < 4.78 is 0. The van der Waals surface area contributed by atoms with Gasteiger partial charge < -0.3 is 10.4 Å². The summed E-state index contributed by atoms with van der Waals surface area (Å²) in [7, 11) is 0. The molecule has 0 unspecified atom stereocenters. The number of hydrogen-bond acceptors (Lipinski definition) is 4. The Hall–Kier alpha value is -2.71. The fourth-order valence-corrected chi connectivity index (χ4v) is 3.17. The van der Waals surface area contributed by atoms with E-state index >= 15 is 0 Å². The van der Waals surface area contributed by atoms with E-state index < -0.39 is 5.60 Å². The van der Waals surface area contributed by atoms with Gasteiger partial charge in [-0.3, -0.25) is 9.78 Å². The molecule has 0 spiro atoms. The number of carbonyl (C=O) groups is 1. The van der Waals surface area contributed by atoms with Crippen molar-refractivity contribution in [2.45, 2.75) is 51.2 Å². The van der Waals surface area contributed by atoms with E-state index in [1.54, 1.807) is 6.20 Å². The molecule has 26 heavy (non-hydrogen) atoms. The Morgan fingerprint density at radius 3 is 2.88 bits per heavy atom. The van der Waals surface area contributed by atoms with Crippen LogP contribution < -0.4 is 5.32 Å². The van der Waals surface area contributed by atoms with Gasteiger partial charge in [-0.25, -0.2) is 4.98 Å². The number of hydrogen-bond donors (Lipinski definition) is 2. The largest absolute Gasteiger partial charge is 0.378 e. The van der Waals surface area contributed by atoms with Crippen LogP contribution >= 0.6 is 0 Å². The maximum absolute atomic E-state index is 12.3. The molecule has 1 aliphatic rings. The Kier molecular flexibility index (Phi) is 5.34. The highest BCUT2D eigenvalue weighted by atomic mass is 16.3. The molecule has 0 aliphatic heterocycles. The maximum atomic E-state index is 12.3. The van der Waals surface area contributed by atoms with Crippen molar-refractivity contribution in [2.75, 3.05) is 0 Å². The van der Waals surface area contributed by atoms with Crippen LogP contribution in [-0.4, -0.2) is 32.6 Å². The Morgan fingerprint density at radius 1 is 1.31 bits per heavy atom. The van der Waals surface area contributed by atoms with E-state index in [4.69, 9.17) is 0 Å². The number of aromatic nitrogens is 2. The summed E-state index contributed by atoms with van der Waals surface area (Å²) in [4.78, 5) is 20.5. The average Bonchev–Trinajstić information content (AvgIpc) is 2.61. The molecule has 5 nitrogen and oxygen atoms in total. The van der Waals surface area contributed by atoms with Crippen LogP contribution in [0.5, 0.6) is 0 Å². The summed E-state index contributed by atoms with van der Waals surface area (Å²) in [6, 6.07) is 7.77. The summed E-state index contributed by atoms with van der Waals surface area (Å²) in [6.07, 6.45) is 5.69. The van der Waals surface area contributed by atoms with Gasteiger partial charge in [0.25, 0.3) is 5.91 Å². The van der Waals surface area contributed by atoms with Gasteiger partial charge in [0.05, 0.1) is 11.9 Å². The number of carbonyl (C=O) groups excluding carboxylic acids is 1. The third-order valence-electron chi connectivity index (χ3n) is 4.53. The molecule has 1 saturated carbocycles. The van der Waals surface area contributed by atoms with Crippen molar-refractivity contribution in [3.63, 3.8) is 0 Å². The highest BCUT2D eigenvalue weighted by Crippen LogP contribution is 2.28. The number of nitrogens with zero attached hydrogens (tertiary/aromatic N) is 2. The van der Waals surface area contributed by atoms with E-state index in [1.807, 2.05) is 38.1 Å². The Bertz CT molecular complexity index is 852. The van der Waals surface area contributed by atoms with Crippen LogP contribution in [0.2, 0.25) is 0 Å². The monoisotopic (exact) mass is 349 g/mol. The van der Waals surface area contributed by atoms with E-state index in [-0.39, 0.29) is 17.6 Å². The lowest BCUT2D eigenvalue weighted by Gasteiger charge is -2.33. The minimum Gasteiger partial charge on any atom is -0.378 e. The highest BCUT2D eigenvalue weighted by Gasteiger charge is 2.33. The van der Waals surface area contributed by atoms with Gasteiger partial charge in [-0.1, -0.05) is 24.0 Å². The number of benzene rings is 1. The standard InChI is InChI=1S/C21H23N3O2/c1-15-5-3-6-17(11-15)8-10-21(26)9-4-7-18(12-21)24-20(25)19-14-22-16(2)13-23-19/h3,5-6,11,13-14,18,26H,4,7,9,12H2,1-2H3,(H,24,25)/t18-,21+/m1/s1. The maximum Gasteiger partial charge on any atom is 0.271 e. The van der Waals surface area contributed by atoms with Crippen LogP contribution in [0.4, 0.5) is 0 Å². The number of rotatable bonds is 2.